The molecule has 3 rings (SSSR count). The zero-order chi connectivity index (χ0) is 35.8. The summed E-state index contributed by atoms with van der Waals surface area (Å²) >= 11 is 0. The number of allylic oxidation sites excluding steroid dienone is 1. The number of nitro groups is 1. The van der Waals surface area contributed by atoms with Crippen molar-refractivity contribution in [1.82, 2.24) is 0 Å². The lowest BCUT2D eigenvalue weighted by atomic mass is 10.0. The Morgan fingerprint density at radius 1 is 0.640 bits per heavy atom. The van der Waals surface area contributed by atoms with Gasteiger partial charge in [0.15, 0.2) is 5.78 Å². The van der Waals surface area contributed by atoms with Crippen molar-refractivity contribution in [3.8, 4) is 17.2 Å². The summed E-state index contributed by atoms with van der Waals surface area (Å²) in [5.74, 6) is 0.0351. The highest BCUT2D eigenvalue weighted by molar-refractivity contribution is 6.07. The summed E-state index contributed by atoms with van der Waals surface area (Å²) in [4.78, 5) is 36.2. The van der Waals surface area contributed by atoms with E-state index in [4.69, 9.17) is 14.2 Å². The van der Waals surface area contributed by atoms with Crippen molar-refractivity contribution in [3.63, 3.8) is 0 Å². The molecule has 0 heterocycles. The van der Waals surface area contributed by atoms with Gasteiger partial charge in [-0.25, -0.2) is 4.79 Å². The molecule has 0 spiro atoms. The van der Waals surface area contributed by atoms with E-state index in [1.165, 1.54) is 114 Å². The van der Waals surface area contributed by atoms with Gasteiger partial charge in [-0.05, 0) is 73.0 Å². The minimum atomic E-state index is -0.784. The number of nitro benzene ring substituents is 1. The molecule has 0 amide bonds. The first-order chi connectivity index (χ1) is 24.4. The molecule has 0 saturated heterocycles. The summed E-state index contributed by atoms with van der Waals surface area (Å²) in [5, 5.41) is 11.7. The molecule has 0 N–H and O–H groups in total. The summed E-state index contributed by atoms with van der Waals surface area (Å²) in [6.07, 6.45) is 24.2. The minimum Gasteiger partial charge on any atom is -0.494 e. The molecule has 0 atom stereocenters. The van der Waals surface area contributed by atoms with Gasteiger partial charge in [-0.2, -0.15) is 0 Å². The Hall–Kier alpha value is -4.72. The van der Waals surface area contributed by atoms with Crippen LogP contribution in [0.3, 0.4) is 0 Å². The van der Waals surface area contributed by atoms with Crippen molar-refractivity contribution >= 4 is 29.6 Å². The van der Waals surface area contributed by atoms with Crippen LogP contribution in [0.5, 0.6) is 17.2 Å². The van der Waals surface area contributed by atoms with E-state index in [0.29, 0.717) is 19.0 Å². The van der Waals surface area contributed by atoms with Crippen LogP contribution in [0.1, 0.15) is 125 Å². The number of hydrogen-bond acceptors (Lipinski definition) is 7. The number of ketones is 1. The number of unbranched alkanes of at least 4 members (excludes halogenated alkanes) is 13. The molecular formula is C42H53NO7. The minimum absolute atomic E-state index is 0.103. The molecule has 0 fully saturated rings. The van der Waals surface area contributed by atoms with Crippen LogP contribution < -0.4 is 14.2 Å². The fraction of sp³-hybridized carbons (Fsp3) is 0.429. The average Bonchev–Trinajstić information content (AvgIpc) is 3.12. The van der Waals surface area contributed by atoms with Crippen LogP contribution in [0.15, 0.2) is 78.9 Å². The van der Waals surface area contributed by atoms with E-state index < -0.39 is 22.4 Å². The fourth-order valence-electron chi connectivity index (χ4n) is 5.48. The molecule has 0 saturated carbocycles. The van der Waals surface area contributed by atoms with Crippen LogP contribution >= 0.6 is 0 Å². The van der Waals surface area contributed by atoms with Crippen LogP contribution in [0.4, 0.5) is 5.69 Å². The standard InChI is InChI=1S/C42H53NO7/c1-3-5-6-7-8-9-10-11-12-13-14-15-16-17-32-49-38-27-20-34(21-28-38)22-29-40(44)36-24-30-41(39(33-36)43(46)47)50-42(45)31-23-35-18-25-37(26-19-35)48-4-2/h18-31,33H,3-17,32H2,1-2H3/b29-22+,31-23+. The van der Waals surface area contributed by atoms with E-state index in [0.717, 1.165) is 29.4 Å². The van der Waals surface area contributed by atoms with Gasteiger partial charge < -0.3 is 14.2 Å². The first kappa shape index (κ1) is 39.7. The van der Waals surface area contributed by atoms with Gasteiger partial charge in [-0.15, -0.1) is 0 Å². The van der Waals surface area contributed by atoms with Crippen molar-refractivity contribution in [2.75, 3.05) is 13.2 Å². The number of benzene rings is 3. The smallest absolute Gasteiger partial charge is 0.336 e. The Balaban J connectivity index is 1.36. The third-order valence-corrected chi connectivity index (χ3v) is 8.33. The summed E-state index contributed by atoms with van der Waals surface area (Å²) < 4.78 is 16.5. The number of esters is 1. The highest BCUT2D eigenvalue weighted by Gasteiger charge is 2.20. The maximum Gasteiger partial charge on any atom is 0.336 e. The van der Waals surface area contributed by atoms with Gasteiger partial charge in [0.05, 0.1) is 18.1 Å². The van der Waals surface area contributed by atoms with Gasteiger partial charge in [0, 0.05) is 17.7 Å². The Bertz CT molecular complexity index is 1510. The van der Waals surface area contributed by atoms with Crippen LogP contribution in [0.25, 0.3) is 12.2 Å². The van der Waals surface area contributed by atoms with Gasteiger partial charge in [0.1, 0.15) is 11.5 Å². The van der Waals surface area contributed by atoms with Crippen LogP contribution in [0, 0.1) is 10.1 Å². The fourth-order valence-corrected chi connectivity index (χ4v) is 5.48. The van der Waals surface area contributed by atoms with Crippen LogP contribution in [-0.4, -0.2) is 29.9 Å². The highest BCUT2D eigenvalue weighted by atomic mass is 16.6. The van der Waals surface area contributed by atoms with E-state index in [2.05, 4.69) is 6.92 Å². The number of hydrogen-bond donors (Lipinski definition) is 0. The van der Waals surface area contributed by atoms with E-state index in [1.807, 2.05) is 31.2 Å². The van der Waals surface area contributed by atoms with Crippen molar-refractivity contribution in [2.45, 2.75) is 104 Å². The largest absolute Gasteiger partial charge is 0.494 e. The second kappa shape index (κ2) is 23.6. The number of carbonyl (C=O) groups excluding carboxylic acids is 2. The molecule has 0 radical (unpaired) electrons. The molecule has 0 aliphatic heterocycles. The Morgan fingerprint density at radius 3 is 1.66 bits per heavy atom. The number of carbonyl (C=O) groups is 2. The second-order valence-corrected chi connectivity index (χ2v) is 12.4. The lowest BCUT2D eigenvalue weighted by Gasteiger charge is -2.07. The molecule has 0 aliphatic rings. The van der Waals surface area contributed by atoms with Gasteiger partial charge >= 0.3 is 11.7 Å². The van der Waals surface area contributed by atoms with Crippen molar-refractivity contribution in [2.24, 2.45) is 0 Å². The molecule has 0 bridgehead atoms. The van der Waals surface area contributed by atoms with Crippen LogP contribution in [0.2, 0.25) is 0 Å². The highest BCUT2D eigenvalue weighted by Crippen LogP contribution is 2.29. The molecule has 268 valence electrons. The third-order valence-electron chi connectivity index (χ3n) is 8.33. The normalized spacial score (nSPS) is 11.2. The SMILES string of the molecule is CCCCCCCCCCCCCCCCOc1ccc(/C=C/C(=O)c2ccc(OC(=O)/C=C/c3ccc(OCC)cc3)c([N+](=O)[O-])c2)cc1. The van der Waals surface area contributed by atoms with Crippen LogP contribution in [-0.2, 0) is 4.79 Å². The molecule has 0 unspecified atom stereocenters. The summed E-state index contributed by atoms with van der Waals surface area (Å²) in [6, 6.07) is 18.3. The maximum atomic E-state index is 12.8. The Morgan fingerprint density at radius 2 is 1.14 bits per heavy atom. The second-order valence-electron chi connectivity index (χ2n) is 12.4. The Kier molecular flexibility index (Phi) is 18.7. The molecule has 3 aromatic rings. The first-order valence-electron chi connectivity index (χ1n) is 18.3. The molecule has 8 heteroatoms. The quantitative estimate of drug-likeness (QED) is 0.0166. The van der Waals surface area contributed by atoms with Crippen molar-refractivity contribution in [3.05, 3.63) is 106 Å². The van der Waals surface area contributed by atoms with E-state index in [1.54, 1.807) is 30.3 Å². The number of rotatable bonds is 25. The predicted molar refractivity (Wildman–Crippen MR) is 201 cm³/mol. The number of nitrogens with zero attached hydrogens (tertiary/aromatic N) is 1. The van der Waals surface area contributed by atoms with Crippen molar-refractivity contribution in [1.29, 1.82) is 0 Å². The molecule has 8 nitrogen and oxygen atoms in total. The molecule has 50 heavy (non-hydrogen) atoms. The van der Waals surface area contributed by atoms with Gasteiger partial charge in [-0.1, -0.05) is 121 Å². The van der Waals surface area contributed by atoms with E-state index in [9.17, 15) is 19.7 Å². The zero-order valence-corrected chi connectivity index (χ0v) is 29.8. The molecule has 0 aromatic heterocycles. The van der Waals surface area contributed by atoms with Gasteiger partial charge in [0.2, 0.25) is 5.75 Å². The van der Waals surface area contributed by atoms with Gasteiger partial charge in [0.25, 0.3) is 0 Å². The predicted octanol–water partition coefficient (Wildman–Crippen LogP) is 11.4. The lowest BCUT2D eigenvalue weighted by molar-refractivity contribution is -0.385. The molecule has 3 aromatic carbocycles. The summed E-state index contributed by atoms with van der Waals surface area (Å²) in [6.45, 7) is 5.37. The topological polar surface area (TPSA) is 105 Å². The van der Waals surface area contributed by atoms with E-state index >= 15 is 0 Å². The first-order valence-corrected chi connectivity index (χ1v) is 18.3. The third kappa shape index (κ3) is 15.7. The monoisotopic (exact) mass is 683 g/mol. The van der Waals surface area contributed by atoms with E-state index in [-0.39, 0.29) is 11.3 Å². The maximum absolute atomic E-state index is 12.8. The molecule has 0 aliphatic carbocycles. The average molecular weight is 684 g/mol. The zero-order valence-electron chi connectivity index (χ0n) is 29.8. The number of ether oxygens (including phenoxy) is 3. The summed E-state index contributed by atoms with van der Waals surface area (Å²) in [7, 11) is 0. The van der Waals surface area contributed by atoms with Crippen molar-refractivity contribution < 1.29 is 28.7 Å². The lowest BCUT2D eigenvalue weighted by Crippen LogP contribution is -2.07. The summed E-state index contributed by atoms with van der Waals surface area (Å²) in [5.41, 5.74) is 1.15. The molecular weight excluding hydrogens is 630 g/mol. The van der Waals surface area contributed by atoms with Gasteiger partial charge in [-0.3, -0.25) is 14.9 Å². The Labute approximate surface area is 297 Å².